The Kier molecular flexibility index (Phi) is 6.83. The number of amides is 2. The summed E-state index contributed by atoms with van der Waals surface area (Å²) < 4.78 is 53.8. The van der Waals surface area contributed by atoms with Gasteiger partial charge in [-0.25, -0.2) is 17.2 Å². The Hall–Kier alpha value is -2.37. The first-order valence-electron chi connectivity index (χ1n) is 10.8. The predicted octanol–water partition coefficient (Wildman–Crippen LogP) is 3.01. The van der Waals surface area contributed by atoms with Crippen LogP contribution in [0.4, 0.5) is 8.78 Å². The fourth-order valence-electron chi connectivity index (χ4n) is 4.27. The molecule has 1 aromatic heterocycles. The van der Waals surface area contributed by atoms with Crippen molar-refractivity contribution in [3.05, 3.63) is 51.2 Å². The number of thiophene rings is 1. The monoisotopic (exact) mass is 497 g/mol. The van der Waals surface area contributed by atoms with Crippen LogP contribution in [0, 0.1) is 23.5 Å². The van der Waals surface area contributed by atoms with E-state index in [-0.39, 0.29) is 31.8 Å². The van der Waals surface area contributed by atoms with E-state index in [0.717, 1.165) is 35.7 Å². The lowest BCUT2D eigenvalue weighted by Gasteiger charge is -2.30. The molecule has 2 heterocycles. The van der Waals surface area contributed by atoms with Crippen LogP contribution in [0.3, 0.4) is 0 Å². The molecule has 1 fully saturated rings. The minimum absolute atomic E-state index is 0.0137. The van der Waals surface area contributed by atoms with Crippen LogP contribution in [-0.2, 0) is 27.7 Å². The summed E-state index contributed by atoms with van der Waals surface area (Å²) in [4.78, 5) is 26.0. The average Bonchev–Trinajstić information content (AvgIpc) is 3.22. The van der Waals surface area contributed by atoms with Gasteiger partial charge < -0.3 is 0 Å². The van der Waals surface area contributed by atoms with Gasteiger partial charge in [-0.05, 0) is 67.9 Å². The number of hydrogen-bond acceptors (Lipinski definition) is 5. The number of halogens is 2. The molecule has 0 radical (unpaired) electrons. The van der Waals surface area contributed by atoms with Crippen molar-refractivity contribution in [2.75, 3.05) is 13.1 Å². The highest BCUT2D eigenvalue weighted by molar-refractivity contribution is 7.89. The zero-order valence-electron chi connectivity index (χ0n) is 18.1. The van der Waals surface area contributed by atoms with Gasteiger partial charge in [0.1, 0.15) is 16.5 Å². The van der Waals surface area contributed by atoms with Gasteiger partial charge in [0.15, 0.2) is 0 Å². The molecule has 11 heteroatoms. The molecule has 1 aliphatic carbocycles. The molecule has 1 unspecified atom stereocenters. The van der Waals surface area contributed by atoms with Gasteiger partial charge in [-0.2, -0.15) is 4.31 Å². The lowest BCUT2D eigenvalue weighted by Crippen LogP contribution is -2.48. The molecule has 178 valence electrons. The van der Waals surface area contributed by atoms with Crippen LogP contribution < -0.4 is 10.9 Å². The molecule has 0 bridgehead atoms. The second-order valence-electron chi connectivity index (χ2n) is 8.60. The third kappa shape index (κ3) is 5.10. The van der Waals surface area contributed by atoms with E-state index < -0.39 is 38.4 Å². The van der Waals surface area contributed by atoms with Gasteiger partial charge >= 0.3 is 0 Å². The van der Waals surface area contributed by atoms with Crippen LogP contribution in [-0.4, -0.2) is 37.6 Å². The smallest absolute Gasteiger partial charge is 0.273 e. The Morgan fingerprint density at radius 2 is 1.82 bits per heavy atom. The highest BCUT2D eigenvalue weighted by Gasteiger charge is 2.34. The Labute approximate surface area is 195 Å². The number of nitrogens with one attached hydrogen (secondary N) is 2. The van der Waals surface area contributed by atoms with Gasteiger partial charge in [-0.15, -0.1) is 11.3 Å². The SMILES string of the molecule is CC1CCc2sc(C(=O)NNC(=O)C3CCN(S(=O)(=O)c4cc(F)ccc4F)CC3)cc2C1. The van der Waals surface area contributed by atoms with Crippen molar-refractivity contribution >= 4 is 33.2 Å². The van der Waals surface area contributed by atoms with Crippen LogP contribution in [0.15, 0.2) is 29.2 Å². The molecule has 2 aromatic rings. The molecule has 1 atom stereocenters. The van der Waals surface area contributed by atoms with E-state index in [1.807, 2.05) is 6.07 Å². The number of rotatable bonds is 4. The number of piperidine rings is 1. The van der Waals surface area contributed by atoms with Crippen molar-refractivity contribution in [2.24, 2.45) is 11.8 Å². The van der Waals surface area contributed by atoms with Gasteiger partial charge in [0, 0.05) is 23.9 Å². The van der Waals surface area contributed by atoms with Crippen LogP contribution in [0.2, 0.25) is 0 Å². The molecule has 4 rings (SSSR count). The first kappa shape index (κ1) is 23.8. The lowest BCUT2D eigenvalue weighted by atomic mass is 9.90. The molecule has 0 saturated carbocycles. The summed E-state index contributed by atoms with van der Waals surface area (Å²) in [5.74, 6) is -2.57. The van der Waals surface area contributed by atoms with Crippen LogP contribution in [0.1, 0.15) is 46.3 Å². The summed E-state index contributed by atoms with van der Waals surface area (Å²) in [5, 5.41) is 0. The summed E-state index contributed by atoms with van der Waals surface area (Å²) in [6.07, 6.45) is 3.41. The Balaban J connectivity index is 1.31. The van der Waals surface area contributed by atoms with Crippen molar-refractivity contribution in [1.29, 1.82) is 0 Å². The van der Waals surface area contributed by atoms with Crippen molar-refractivity contribution in [1.82, 2.24) is 15.2 Å². The first-order valence-corrected chi connectivity index (χ1v) is 13.1. The number of carbonyl (C=O) groups excluding carboxylic acids is 2. The highest BCUT2D eigenvalue weighted by Crippen LogP contribution is 2.32. The zero-order chi connectivity index (χ0) is 23.8. The molecular formula is C22H25F2N3O4S2. The fourth-order valence-corrected chi connectivity index (χ4v) is 6.92. The van der Waals surface area contributed by atoms with Crippen LogP contribution in [0.25, 0.3) is 0 Å². The van der Waals surface area contributed by atoms with E-state index >= 15 is 0 Å². The molecule has 1 saturated heterocycles. The largest absolute Gasteiger partial charge is 0.279 e. The molecule has 1 aliphatic heterocycles. The minimum Gasteiger partial charge on any atom is -0.273 e. The maximum Gasteiger partial charge on any atom is 0.279 e. The number of benzene rings is 1. The number of fused-ring (bicyclic) bond motifs is 1. The molecule has 2 aliphatic rings. The molecule has 2 N–H and O–H groups in total. The van der Waals surface area contributed by atoms with E-state index in [1.165, 1.54) is 21.8 Å². The van der Waals surface area contributed by atoms with Gasteiger partial charge in [0.2, 0.25) is 15.9 Å². The van der Waals surface area contributed by atoms with E-state index in [9.17, 15) is 26.8 Å². The predicted molar refractivity (Wildman–Crippen MR) is 119 cm³/mol. The van der Waals surface area contributed by atoms with E-state index in [2.05, 4.69) is 17.8 Å². The topological polar surface area (TPSA) is 95.6 Å². The van der Waals surface area contributed by atoms with Crippen molar-refractivity contribution in [3.63, 3.8) is 0 Å². The highest BCUT2D eigenvalue weighted by atomic mass is 32.2. The van der Waals surface area contributed by atoms with E-state index in [4.69, 9.17) is 0 Å². The fraction of sp³-hybridized carbons (Fsp3) is 0.455. The second-order valence-corrected chi connectivity index (χ2v) is 11.6. The van der Waals surface area contributed by atoms with Gasteiger partial charge in [0.25, 0.3) is 5.91 Å². The number of hydrogen-bond donors (Lipinski definition) is 2. The summed E-state index contributed by atoms with van der Waals surface area (Å²) >= 11 is 1.44. The number of sulfonamides is 1. The Bertz CT molecular complexity index is 1170. The van der Waals surface area contributed by atoms with Crippen molar-refractivity contribution in [3.8, 4) is 0 Å². The number of nitrogens with zero attached hydrogens (tertiary/aromatic N) is 1. The number of aryl methyl sites for hydroxylation is 1. The standard InChI is InChI=1S/C22H25F2N3O4S2/c1-13-2-5-18-15(10-13)11-19(32-18)22(29)26-25-21(28)14-6-8-27(9-7-14)33(30,31)20-12-16(23)3-4-17(20)24/h3-4,11-14H,2,5-10H2,1H3,(H,25,28)(H,26,29). The molecular weight excluding hydrogens is 472 g/mol. The van der Waals surface area contributed by atoms with E-state index in [1.54, 1.807) is 0 Å². The van der Waals surface area contributed by atoms with Crippen LogP contribution in [0.5, 0.6) is 0 Å². The van der Waals surface area contributed by atoms with E-state index in [0.29, 0.717) is 16.9 Å². The lowest BCUT2D eigenvalue weighted by molar-refractivity contribution is -0.126. The molecule has 1 aromatic carbocycles. The number of hydrazine groups is 1. The van der Waals surface area contributed by atoms with Gasteiger partial charge in [-0.1, -0.05) is 6.92 Å². The molecule has 2 amide bonds. The van der Waals surface area contributed by atoms with Crippen molar-refractivity contribution < 1.29 is 26.8 Å². The zero-order valence-corrected chi connectivity index (χ0v) is 19.7. The maximum atomic E-state index is 14.0. The van der Waals surface area contributed by atoms with Crippen molar-refractivity contribution in [2.45, 2.75) is 43.9 Å². The third-order valence-corrected chi connectivity index (χ3v) is 9.34. The minimum atomic E-state index is -4.21. The first-order chi connectivity index (χ1) is 15.6. The second kappa shape index (κ2) is 9.47. The third-order valence-electron chi connectivity index (χ3n) is 6.19. The number of carbonyl (C=O) groups is 2. The Morgan fingerprint density at radius 3 is 2.55 bits per heavy atom. The summed E-state index contributed by atoms with van der Waals surface area (Å²) in [6, 6.07) is 4.16. The molecule has 7 nitrogen and oxygen atoms in total. The quantitative estimate of drug-likeness (QED) is 0.635. The maximum absolute atomic E-state index is 14.0. The summed E-state index contributed by atoms with van der Waals surface area (Å²) in [7, 11) is -4.21. The normalized spacial score (nSPS) is 19.7. The van der Waals surface area contributed by atoms with Gasteiger partial charge in [0.05, 0.1) is 4.88 Å². The van der Waals surface area contributed by atoms with Crippen LogP contribution >= 0.6 is 11.3 Å². The average molecular weight is 498 g/mol. The summed E-state index contributed by atoms with van der Waals surface area (Å²) in [6.45, 7) is 2.16. The molecule has 33 heavy (non-hydrogen) atoms. The Morgan fingerprint density at radius 1 is 1.09 bits per heavy atom. The molecule has 0 spiro atoms. The summed E-state index contributed by atoms with van der Waals surface area (Å²) in [5.41, 5.74) is 6.07. The van der Waals surface area contributed by atoms with Gasteiger partial charge in [-0.3, -0.25) is 20.4 Å².